The van der Waals surface area contributed by atoms with Crippen LogP contribution in [0.4, 0.5) is 0 Å². The molecule has 0 aromatic heterocycles. The van der Waals surface area contributed by atoms with Gasteiger partial charge in [-0.2, -0.15) is 0 Å². The van der Waals surface area contributed by atoms with E-state index in [9.17, 15) is 0 Å². The Morgan fingerprint density at radius 1 is 1.07 bits per heavy atom. The van der Waals surface area contributed by atoms with Crippen LogP contribution in [-0.4, -0.2) is 23.6 Å². The third-order valence-electron chi connectivity index (χ3n) is 3.26. The summed E-state index contributed by atoms with van der Waals surface area (Å²) in [6.07, 6.45) is 0.915. The van der Waals surface area contributed by atoms with Gasteiger partial charge >= 0.3 is 7.12 Å². The molecule has 0 bridgehead atoms. The van der Waals surface area contributed by atoms with Gasteiger partial charge in [0.2, 0.25) is 0 Å². The first-order valence-corrected chi connectivity index (χ1v) is 6.09. The molecule has 1 atom stereocenters. The molecule has 0 spiro atoms. The average Bonchev–Trinajstić information content (AvgIpc) is 2.20. The molecule has 1 unspecified atom stereocenters. The van der Waals surface area contributed by atoms with Crippen LogP contribution in [0.2, 0.25) is 0 Å². The Morgan fingerprint density at radius 2 is 1.47 bits per heavy atom. The predicted octanol–water partition coefficient (Wildman–Crippen LogP) is 3.27. The molecule has 0 radical (unpaired) electrons. The van der Waals surface area contributed by atoms with Crippen molar-refractivity contribution in [2.24, 2.45) is 5.92 Å². The van der Waals surface area contributed by atoms with Gasteiger partial charge in [0, 0.05) is 0 Å². The second-order valence-electron chi connectivity index (χ2n) is 5.77. The Morgan fingerprint density at radius 3 is 1.80 bits per heavy atom. The molecule has 0 aromatic carbocycles. The minimum atomic E-state index is -0.279. The molecule has 0 saturated carbocycles. The molecule has 1 saturated heterocycles. The lowest BCUT2D eigenvalue weighted by molar-refractivity contribution is 0.00578. The molecule has 1 aliphatic rings. The van der Waals surface area contributed by atoms with E-state index in [0.29, 0.717) is 5.92 Å². The summed E-state index contributed by atoms with van der Waals surface area (Å²) >= 11 is 6.29. The van der Waals surface area contributed by atoms with Gasteiger partial charge in [0.25, 0.3) is 0 Å². The molecule has 1 rings (SSSR count). The highest BCUT2D eigenvalue weighted by Gasteiger charge is 2.53. The van der Waals surface area contributed by atoms with Gasteiger partial charge in [0.05, 0.1) is 16.5 Å². The maximum absolute atomic E-state index is 6.29. The maximum atomic E-state index is 6.29. The molecular formula is C11H22BClO2. The quantitative estimate of drug-likeness (QED) is 0.549. The molecule has 1 aliphatic heterocycles. The predicted molar refractivity (Wildman–Crippen MR) is 65.2 cm³/mol. The minimum absolute atomic E-state index is 0.0638. The molecule has 15 heavy (non-hydrogen) atoms. The highest BCUT2D eigenvalue weighted by atomic mass is 35.5. The first kappa shape index (κ1) is 13.3. The van der Waals surface area contributed by atoms with Crippen molar-refractivity contribution >= 4 is 18.7 Å². The zero-order valence-electron chi connectivity index (χ0n) is 10.6. The van der Waals surface area contributed by atoms with Crippen LogP contribution < -0.4 is 0 Å². The van der Waals surface area contributed by atoms with Crippen molar-refractivity contribution in [3.63, 3.8) is 0 Å². The zero-order chi connectivity index (χ0) is 11.9. The Balaban J connectivity index is 2.62. The number of hydrogen-bond donors (Lipinski definition) is 0. The van der Waals surface area contributed by atoms with Crippen molar-refractivity contribution in [1.29, 1.82) is 0 Å². The molecule has 0 aromatic rings. The number of alkyl halides is 1. The molecule has 1 fully saturated rings. The van der Waals surface area contributed by atoms with Gasteiger partial charge in [-0.05, 0) is 40.0 Å². The summed E-state index contributed by atoms with van der Waals surface area (Å²) in [6.45, 7) is 12.5. The molecule has 4 heteroatoms. The molecule has 0 amide bonds. The van der Waals surface area contributed by atoms with E-state index in [2.05, 4.69) is 13.8 Å². The van der Waals surface area contributed by atoms with Crippen molar-refractivity contribution in [2.45, 2.75) is 64.4 Å². The van der Waals surface area contributed by atoms with E-state index < -0.39 is 0 Å². The monoisotopic (exact) mass is 232 g/mol. The van der Waals surface area contributed by atoms with E-state index in [1.165, 1.54) is 0 Å². The van der Waals surface area contributed by atoms with Gasteiger partial charge in [0.1, 0.15) is 0 Å². The summed E-state index contributed by atoms with van der Waals surface area (Å²) in [5, 5.41) is -0.0638. The first-order chi connectivity index (χ1) is 6.66. The number of hydrogen-bond acceptors (Lipinski definition) is 2. The van der Waals surface area contributed by atoms with Gasteiger partial charge in [-0.1, -0.05) is 13.8 Å². The van der Waals surface area contributed by atoms with Gasteiger partial charge < -0.3 is 9.31 Å². The van der Waals surface area contributed by atoms with E-state index >= 15 is 0 Å². The fourth-order valence-electron chi connectivity index (χ4n) is 1.60. The van der Waals surface area contributed by atoms with Crippen LogP contribution in [0.15, 0.2) is 0 Å². The van der Waals surface area contributed by atoms with E-state index in [0.717, 1.165) is 6.42 Å². The summed E-state index contributed by atoms with van der Waals surface area (Å²) in [5.74, 6) is 0.562. The second-order valence-corrected chi connectivity index (χ2v) is 6.33. The van der Waals surface area contributed by atoms with Gasteiger partial charge in [-0.3, -0.25) is 0 Å². The largest absolute Gasteiger partial charge is 0.476 e. The molecule has 0 aliphatic carbocycles. The second kappa shape index (κ2) is 4.27. The van der Waals surface area contributed by atoms with E-state index in [1.807, 2.05) is 27.7 Å². The van der Waals surface area contributed by atoms with Crippen molar-refractivity contribution in [3.8, 4) is 0 Å². The van der Waals surface area contributed by atoms with Crippen molar-refractivity contribution in [3.05, 3.63) is 0 Å². The SMILES string of the molecule is CC(C)CC(Cl)B1OC(C)(C)C(C)(C)O1. The number of halogens is 1. The Bertz CT molecular complexity index is 213. The van der Waals surface area contributed by atoms with Crippen LogP contribution in [0, 0.1) is 5.92 Å². The smallest absolute Gasteiger partial charge is 0.402 e. The van der Waals surface area contributed by atoms with Gasteiger partial charge in [0.15, 0.2) is 0 Å². The van der Waals surface area contributed by atoms with Crippen LogP contribution in [0.25, 0.3) is 0 Å². The van der Waals surface area contributed by atoms with Gasteiger partial charge in [-0.15, -0.1) is 11.6 Å². The summed E-state index contributed by atoms with van der Waals surface area (Å²) in [6, 6.07) is 0. The highest BCUT2D eigenvalue weighted by Crippen LogP contribution is 2.39. The fourth-order valence-corrected chi connectivity index (χ4v) is 2.06. The Labute approximate surface area is 98.8 Å². The van der Waals surface area contributed by atoms with E-state index in [4.69, 9.17) is 20.9 Å². The summed E-state index contributed by atoms with van der Waals surface area (Å²) in [5.41, 5.74) is -0.552. The lowest BCUT2D eigenvalue weighted by Crippen LogP contribution is -2.41. The normalized spacial score (nSPS) is 26.0. The molecule has 1 heterocycles. The Hall–Kier alpha value is 0.275. The molecule has 88 valence electrons. The lowest BCUT2D eigenvalue weighted by Gasteiger charge is -2.32. The minimum Gasteiger partial charge on any atom is -0.402 e. The summed E-state index contributed by atoms with van der Waals surface area (Å²) in [4.78, 5) is 0. The van der Waals surface area contributed by atoms with Crippen LogP contribution >= 0.6 is 11.6 Å². The van der Waals surface area contributed by atoms with Crippen LogP contribution in [-0.2, 0) is 9.31 Å². The van der Waals surface area contributed by atoms with Gasteiger partial charge in [-0.25, -0.2) is 0 Å². The average molecular weight is 233 g/mol. The maximum Gasteiger partial charge on any atom is 0.476 e. The standard InChI is InChI=1S/C11H22BClO2/c1-8(2)7-9(13)12-14-10(3,4)11(5,6)15-12/h8-9H,7H2,1-6H3. The summed E-state index contributed by atoms with van der Waals surface area (Å²) in [7, 11) is -0.279. The highest BCUT2D eigenvalue weighted by molar-refractivity contribution is 6.59. The molecular weight excluding hydrogens is 210 g/mol. The molecule has 2 nitrogen and oxygen atoms in total. The number of rotatable bonds is 3. The van der Waals surface area contributed by atoms with Crippen molar-refractivity contribution in [1.82, 2.24) is 0 Å². The lowest BCUT2D eigenvalue weighted by atomic mass is 9.80. The fraction of sp³-hybridized carbons (Fsp3) is 1.00. The van der Waals surface area contributed by atoms with Crippen molar-refractivity contribution in [2.75, 3.05) is 0 Å². The first-order valence-electron chi connectivity index (χ1n) is 5.65. The topological polar surface area (TPSA) is 18.5 Å². The zero-order valence-corrected chi connectivity index (χ0v) is 11.4. The van der Waals surface area contributed by atoms with Crippen LogP contribution in [0.1, 0.15) is 48.0 Å². The third kappa shape index (κ3) is 2.89. The summed E-state index contributed by atoms with van der Waals surface area (Å²) < 4.78 is 11.7. The van der Waals surface area contributed by atoms with Crippen LogP contribution in [0.5, 0.6) is 0 Å². The van der Waals surface area contributed by atoms with E-state index in [1.54, 1.807) is 0 Å². The Kier molecular flexibility index (Phi) is 3.80. The molecule has 0 N–H and O–H groups in total. The van der Waals surface area contributed by atoms with Crippen LogP contribution in [0.3, 0.4) is 0 Å². The van der Waals surface area contributed by atoms with Crippen molar-refractivity contribution < 1.29 is 9.31 Å². The van der Waals surface area contributed by atoms with E-state index in [-0.39, 0.29) is 23.6 Å². The third-order valence-corrected chi connectivity index (χ3v) is 3.65.